The van der Waals surface area contributed by atoms with Gasteiger partial charge in [-0.2, -0.15) is 0 Å². The zero-order valence-electron chi connectivity index (χ0n) is 11.6. The SMILES string of the molecule is CCCn1cc(Cl)cc1C(=O)NCC(CC(=O)O)OC. The summed E-state index contributed by atoms with van der Waals surface area (Å²) in [6.07, 6.45) is 1.87. The number of carbonyl (C=O) groups excluding carboxylic acids is 1. The maximum Gasteiger partial charge on any atom is 0.306 e. The molecule has 0 radical (unpaired) electrons. The quantitative estimate of drug-likeness (QED) is 0.767. The summed E-state index contributed by atoms with van der Waals surface area (Å²) in [6.45, 7) is 2.83. The average Bonchev–Trinajstić information content (AvgIpc) is 2.75. The van der Waals surface area contributed by atoms with Gasteiger partial charge in [0.25, 0.3) is 5.91 Å². The van der Waals surface area contributed by atoms with E-state index in [2.05, 4.69) is 5.32 Å². The number of methoxy groups -OCH3 is 1. The van der Waals surface area contributed by atoms with Crippen molar-refractivity contribution in [2.75, 3.05) is 13.7 Å². The van der Waals surface area contributed by atoms with Crippen LogP contribution in [-0.4, -0.2) is 41.3 Å². The number of carboxylic acid groups (broad SMARTS) is 1. The number of carboxylic acids is 1. The number of carbonyl (C=O) groups is 2. The van der Waals surface area contributed by atoms with Crippen molar-refractivity contribution in [3.8, 4) is 0 Å². The fourth-order valence-corrected chi connectivity index (χ4v) is 2.04. The van der Waals surface area contributed by atoms with Gasteiger partial charge in [-0.05, 0) is 12.5 Å². The van der Waals surface area contributed by atoms with E-state index in [0.29, 0.717) is 17.3 Å². The number of rotatable bonds is 8. The molecule has 1 aromatic rings. The second-order valence-electron chi connectivity index (χ2n) is 4.40. The molecule has 1 atom stereocenters. The molecule has 20 heavy (non-hydrogen) atoms. The van der Waals surface area contributed by atoms with Crippen LogP contribution in [0.1, 0.15) is 30.3 Å². The molecule has 0 fully saturated rings. The van der Waals surface area contributed by atoms with Gasteiger partial charge < -0.3 is 19.7 Å². The van der Waals surface area contributed by atoms with Crippen LogP contribution in [0.5, 0.6) is 0 Å². The molecule has 7 heteroatoms. The number of hydrogen-bond donors (Lipinski definition) is 2. The van der Waals surface area contributed by atoms with Crippen LogP contribution in [0.3, 0.4) is 0 Å². The Morgan fingerprint density at radius 2 is 2.25 bits per heavy atom. The Kier molecular flexibility index (Phi) is 6.54. The van der Waals surface area contributed by atoms with E-state index in [9.17, 15) is 9.59 Å². The van der Waals surface area contributed by atoms with Crippen molar-refractivity contribution in [3.63, 3.8) is 0 Å². The number of hydrogen-bond acceptors (Lipinski definition) is 3. The summed E-state index contributed by atoms with van der Waals surface area (Å²) in [7, 11) is 1.41. The smallest absolute Gasteiger partial charge is 0.306 e. The molecule has 0 aliphatic rings. The van der Waals surface area contributed by atoms with E-state index < -0.39 is 12.1 Å². The van der Waals surface area contributed by atoms with Crippen molar-refractivity contribution in [1.29, 1.82) is 0 Å². The van der Waals surface area contributed by atoms with Crippen LogP contribution in [0.4, 0.5) is 0 Å². The van der Waals surface area contributed by atoms with Gasteiger partial charge in [0.2, 0.25) is 0 Å². The van der Waals surface area contributed by atoms with E-state index in [1.807, 2.05) is 6.92 Å². The molecular formula is C13H19ClN2O4. The predicted molar refractivity (Wildman–Crippen MR) is 75.1 cm³/mol. The molecule has 1 rings (SSSR count). The second-order valence-corrected chi connectivity index (χ2v) is 4.84. The number of nitrogens with one attached hydrogen (secondary N) is 1. The Morgan fingerprint density at radius 1 is 1.55 bits per heavy atom. The van der Waals surface area contributed by atoms with Crippen LogP contribution in [0, 0.1) is 0 Å². The normalized spacial score (nSPS) is 12.2. The molecule has 1 heterocycles. The van der Waals surface area contributed by atoms with Gasteiger partial charge in [-0.25, -0.2) is 0 Å². The van der Waals surface area contributed by atoms with Crippen molar-refractivity contribution >= 4 is 23.5 Å². The molecule has 0 aliphatic carbocycles. The van der Waals surface area contributed by atoms with Crippen LogP contribution in [-0.2, 0) is 16.1 Å². The minimum absolute atomic E-state index is 0.135. The van der Waals surface area contributed by atoms with Crippen LogP contribution in [0.15, 0.2) is 12.3 Å². The predicted octanol–water partition coefficient (Wildman–Crippen LogP) is 1.77. The van der Waals surface area contributed by atoms with E-state index in [-0.39, 0.29) is 18.9 Å². The molecule has 6 nitrogen and oxygen atoms in total. The van der Waals surface area contributed by atoms with Crippen LogP contribution < -0.4 is 5.32 Å². The lowest BCUT2D eigenvalue weighted by Gasteiger charge is -2.14. The lowest BCUT2D eigenvalue weighted by atomic mass is 10.2. The third kappa shape index (κ3) is 4.86. The number of amides is 1. The van der Waals surface area contributed by atoms with E-state index in [1.54, 1.807) is 16.8 Å². The van der Waals surface area contributed by atoms with Crippen LogP contribution in [0.25, 0.3) is 0 Å². The van der Waals surface area contributed by atoms with Crippen molar-refractivity contribution in [2.45, 2.75) is 32.4 Å². The van der Waals surface area contributed by atoms with E-state index in [1.165, 1.54) is 7.11 Å². The Bertz CT molecular complexity index is 473. The Labute approximate surface area is 122 Å². The molecule has 0 aromatic carbocycles. The molecule has 0 saturated heterocycles. The first-order valence-corrected chi connectivity index (χ1v) is 6.74. The van der Waals surface area contributed by atoms with Crippen molar-refractivity contribution in [2.24, 2.45) is 0 Å². The van der Waals surface area contributed by atoms with Gasteiger partial charge in [0.05, 0.1) is 17.5 Å². The maximum absolute atomic E-state index is 12.1. The van der Waals surface area contributed by atoms with Gasteiger partial charge in [0.15, 0.2) is 0 Å². The molecule has 0 bridgehead atoms. The summed E-state index contributed by atoms with van der Waals surface area (Å²) < 4.78 is 6.78. The number of halogens is 1. The molecule has 0 saturated carbocycles. The lowest BCUT2D eigenvalue weighted by molar-refractivity contribution is -0.139. The number of aromatic nitrogens is 1. The molecule has 2 N–H and O–H groups in total. The van der Waals surface area contributed by atoms with Crippen molar-refractivity contribution in [1.82, 2.24) is 9.88 Å². The molecule has 1 aromatic heterocycles. The van der Waals surface area contributed by atoms with Gasteiger partial charge in [-0.3, -0.25) is 9.59 Å². The largest absolute Gasteiger partial charge is 0.481 e. The Hall–Kier alpha value is -1.53. The second kappa shape index (κ2) is 7.91. The van der Waals surface area contributed by atoms with Gasteiger partial charge in [-0.15, -0.1) is 0 Å². The van der Waals surface area contributed by atoms with Crippen molar-refractivity contribution < 1.29 is 19.4 Å². The number of aryl methyl sites for hydroxylation is 1. The molecular weight excluding hydrogens is 284 g/mol. The summed E-state index contributed by atoms with van der Waals surface area (Å²) in [4.78, 5) is 22.7. The summed E-state index contributed by atoms with van der Waals surface area (Å²) in [5.41, 5.74) is 0.460. The molecule has 1 unspecified atom stereocenters. The minimum Gasteiger partial charge on any atom is -0.481 e. The highest BCUT2D eigenvalue weighted by molar-refractivity contribution is 6.31. The summed E-state index contributed by atoms with van der Waals surface area (Å²) in [5, 5.41) is 11.9. The highest BCUT2D eigenvalue weighted by Crippen LogP contribution is 2.14. The van der Waals surface area contributed by atoms with Gasteiger partial charge in [0.1, 0.15) is 5.69 Å². The summed E-state index contributed by atoms with van der Waals surface area (Å²) in [6, 6.07) is 1.59. The molecule has 1 amide bonds. The standard InChI is InChI=1S/C13H19ClN2O4/c1-3-4-16-8-9(14)5-11(16)13(19)15-7-10(20-2)6-12(17)18/h5,8,10H,3-4,6-7H2,1-2H3,(H,15,19)(H,17,18). The zero-order chi connectivity index (χ0) is 15.1. The van der Waals surface area contributed by atoms with Crippen LogP contribution in [0.2, 0.25) is 5.02 Å². The van der Waals surface area contributed by atoms with Gasteiger partial charge >= 0.3 is 5.97 Å². The van der Waals surface area contributed by atoms with E-state index in [0.717, 1.165) is 6.42 Å². The first kappa shape index (κ1) is 16.5. The minimum atomic E-state index is -0.969. The van der Waals surface area contributed by atoms with E-state index >= 15 is 0 Å². The van der Waals surface area contributed by atoms with Gasteiger partial charge in [0, 0.05) is 26.4 Å². The zero-order valence-corrected chi connectivity index (χ0v) is 12.3. The Morgan fingerprint density at radius 3 is 2.80 bits per heavy atom. The number of ether oxygens (including phenoxy) is 1. The average molecular weight is 303 g/mol. The topological polar surface area (TPSA) is 80.6 Å². The molecule has 0 spiro atoms. The van der Waals surface area contributed by atoms with Gasteiger partial charge in [-0.1, -0.05) is 18.5 Å². The highest BCUT2D eigenvalue weighted by Gasteiger charge is 2.16. The fourth-order valence-electron chi connectivity index (χ4n) is 1.82. The molecule has 112 valence electrons. The number of aliphatic carboxylic acids is 1. The summed E-state index contributed by atoms with van der Waals surface area (Å²) >= 11 is 5.90. The maximum atomic E-state index is 12.1. The fraction of sp³-hybridized carbons (Fsp3) is 0.538. The monoisotopic (exact) mass is 302 g/mol. The Balaban J connectivity index is 2.64. The third-order valence-corrected chi connectivity index (χ3v) is 2.99. The summed E-state index contributed by atoms with van der Waals surface area (Å²) in [5.74, 6) is -1.26. The van der Waals surface area contributed by atoms with Crippen molar-refractivity contribution in [3.05, 3.63) is 23.0 Å². The molecule has 0 aliphatic heterocycles. The van der Waals surface area contributed by atoms with Crippen LogP contribution >= 0.6 is 11.6 Å². The first-order valence-electron chi connectivity index (χ1n) is 6.36. The number of nitrogens with zero attached hydrogens (tertiary/aromatic N) is 1. The lowest BCUT2D eigenvalue weighted by Crippen LogP contribution is -2.35. The highest BCUT2D eigenvalue weighted by atomic mass is 35.5. The van der Waals surface area contributed by atoms with E-state index in [4.69, 9.17) is 21.4 Å². The third-order valence-electron chi connectivity index (χ3n) is 2.79. The first-order chi connectivity index (χ1) is 9.47.